The lowest BCUT2D eigenvalue weighted by molar-refractivity contribution is 0.407. The van der Waals surface area contributed by atoms with Gasteiger partial charge in [-0.15, -0.1) is 0 Å². The molecule has 0 aliphatic heterocycles. The standard InChI is InChI=1S/C14H24N2O2S/c1-10-7-12(15-6)8-11(2)13(10)19(17,18)16-9-14(3,4)5/h7-8,15-16H,9H2,1-6H3. The Morgan fingerprint density at radius 1 is 1.11 bits per heavy atom. The van der Waals surface area contributed by atoms with Gasteiger partial charge in [0, 0.05) is 19.3 Å². The first kappa shape index (κ1) is 16.0. The van der Waals surface area contributed by atoms with Gasteiger partial charge in [0.1, 0.15) is 0 Å². The summed E-state index contributed by atoms with van der Waals surface area (Å²) in [6, 6.07) is 3.69. The molecule has 0 unspecified atom stereocenters. The molecule has 1 aromatic carbocycles. The van der Waals surface area contributed by atoms with E-state index in [1.807, 2.05) is 53.8 Å². The van der Waals surface area contributed by atoms with Crippen LogP contribution in [0.3, 0.4) is 0 Å². The molecule has 2 N–H and O–H groups in total. The third-order valence-electron chi connectivity index (χ3n) is 2.81. The fourth-order valence-corrected chi connectivity index (χ4v) is 3.64. The van der Waals surface area contributed by atoms with E-state index in [1.165, 1.54) is 0 Å². The van der Waals surface area contributed by atoms with Crippen molar-refractivity contribution in [1.82, 2.24) is 4.72 Å². The van der Waals surface area contributed by atoms with Gasteiger partial charge in [0.25, 0.3) is 0 Å². The number of aryl methyl sites for hydroxylation is 2. The maximum Gasteiger partial charge on any atom is 0.241 e. The minimum atomic E-state index is -3.46. The van der Waals surface area contributed by atoms with Crippen LogP contribution < -0.4 is 10.0 Å². The molecule has 0 heterocycles. The van der Waals surface area contributed by atoms with E-state index in [0.717, 1.165) is 16.8 Å². The molecule has 0 radical (unpaired) electrons. The number of sulfonamides is 1. The van der Waals surface area contributed by atoms with Crippen molar-refractivity contribution in [2.75, 3.05) is 18.9 Å². The summed E-state index contributed by atoms with van der Waals surface area (Å²) in [7, 11) is -1.64. The Morgan fingerprint density at radius 3 is 1.95 bits per heavy atom. The van der Waals surface area contributed by atoms with Crippen molar-refractivity contribution in [1.29, 1.82) is 0 Å². The van der Waals surface area contributed by atoms with E-state index in [1.54, 1.807) is 0 Å². The van der Waals surface area contributed by atoms with Gasteiger partial charge in [0.05, 0.1) is 4.90 Å². The monoisotopic (exact) mass is 284 g/mol. The van der Waals surface area contributed by atoms with Crippen LogP contribution in [0.4, 0.5) is 5.69 Å². The third-order valence-corrected chi connectivity index (χ3v) is 4.52. The quantitative estimate of drug-likeness (QED) is 0.893. The van der Waals surface area contributed by atoms with E-state index in [0.29, 0.717) is 11.4 Å². The number of anilines is 1. The number of hydrogen-bond donors (Lipinski definition) is 2. The van der Waals surface area contributed by atoms with Crippen LogP contribution in [0.15, 0.2) is 17.0 Å². The van der Waals surface area contributed by atoms with Crippen LogP contribution in [-0.4, -0.2) is 22.0 Å². The molecule has 0 spiro atoms. The highest BCUT2D eigenvalue weighted by molar-refractivity contribution is 7.89. The summed E-state index contributed by atoms with van der Waals surface area (Å²) in [6.45, 7) is 10.1. The van der Waals surface area contributed by atoms with E-state index >= 15 is 0 Å². The van der Waals surface area contributed by atoms with E-state index in [4.69, 9.17) is 0 Å². The van der Waals surface area contributed by atoms with Crippen LogP contribution in [-0.2, 0) is 10.0 Å². The maximum atomic E-state index is 12.4. The summed E-state index contributed by atoms with van der Waals surface area (Å²) in [5.74, 6) is 0. The Labute approximate surface area is 116 Å². The molecule has 1 rings (SSSR count). The van der Waals surface area contributed by atoms with Crippen molar-refractivity contribution < 1.29 is 8.42 Å². The number of nitrogens with one attached hydrogen (secondary N) is 2. The average molecular weight is 284 g/mol. The highest BCUT2D eigenvalue weighted by Crippen LogP contribution is 2.24. The first-order valence-corrected chi connectivity index (χ1v) is 7.84. The van der Waals surface area contributed by atoms with Crippen LogP contribution in [0.25, 0.3) is 0 Å². The molecule has 0 atom stereocenters. The predicted molar refractivity (Wildman–Crippen MR) is 80.1 cm³/mol. The zero-order valence-electron chi connectivity index (χ0n) is 12.6. The summed E-state index contributed by atoms with van der Waals surface area (Å²) in [5, 5.41) is 3.03. The van der Waals surface area contributed by atoms with Gasteiger partial charge in [-0.3, -0.25) is 0 Å². The maximum absolute atomic E-state index is 12.4. The molecule has 4 nitrogen and oxygen atoms in total. The molecular formula is C14H24N2O2S. The molecule has 0 saturated heterocycles. The lowest BCUT2D eigenvalue weighted by atomic mass is 9.98. The average Bonchev–Trinajstić information content (AvgIpc) is 2.24. The fraction of sp³-hybridized carbons (Fsp3) is 0.571. The van der Waals surface area contributed by atoms with Gasteiger partial charge in [-0.1, -0.05) is 20.8 Å². The van der Waals surface area contributed by atoms with Crippen LogP contribution in [0.2, 0.25) is 0 Å². The largest absolute Gasteiger partial charge is 0.388 e. The van der Waals surface area contributed by atoms with E-state index in [9.17, 15) is 8.42 Å². The molecule has 1 aromatic rings. The summed E-state index contributed by atoms with van der Waals surface area (Å²) < 4.78 is 27.5. The predicted octanol–water partition coefficient (Wildman–Crippen LogP) is 2.67. The van der Waals surface area contributed by atoms with E-state index in [-0.39, 0.29) is 5.41 Å². The molecule has 0 bridgehead atoms. The van der Waals surface area contributed by atoms with Crippen molar-refractivity contribution in [3.63, 3.8) is 0 Å². The molecule has 0 fully saturated rings. The van der Waals surface area contributed by atoms with Crippen molar-refractivity contribution >= 4 is 15.7 Å². The second-order valence-corrected chi connectivity index (χ2v) is 7.78. The molecule has 19 heavy (non-hydrogen) atoms. The summed E-state index contributed by atoms with van der Waals surface area (Å²) in [6.07, 6.45) is 0. The molecule has 0 aliphatic rings. The summed E-state index contributed by atoms with van der Waals surface area (Å²) in [5.41, 5.74) is 2.35. The first-order valence-electron chi connectivity index (χ1n) is 6.35. The number of rotatable bonds is 4. The second kappa shape index (κ2) is 5.51. The summed E-state index contributed by atoms with van der Waals surface area (Å²) >= 11 is 0. The van der Waals surface area contributed by atoms with Gasteiger partial charge in [0.2, 0.25) is 10.0 Å². The second-order valence-electron chi connectivity index (χ2n) is 6.07. The van der Waals surface area contributed by atoms with Gasteiger partial charge >= 0.3 is 0 Å². The van der Waals surface area contributed by atoms with Gasteiger partial charge in [-0.05, 0) is 42.5 Å². The van der Waals surface area contributed by atoms with Crippen molar-refractivity contribution in [2.24, 2.45) is 5.41 Å². The highest BCUT2D eigenvalue weighted by atomic mass is 32.2. The molecule has 0 amide bonds. The number of hydrogen-bond acceptors (Lipinski definition) is 3. The highest BCUT2D eigenvalue weighted by Gasteiger charge is 2.22. The lowest BCUT2D eigenvalue weighted by Crippen LogP contribution is -2.33. The Balaban J connectivity index is 3.15. The van der Waals surface area contributed by atoms with E-state index in [2.05, 4.69) is 10.0 Å². The SMILES string of the molecule is CNc1cc(C)c(S(=O)(=O)NCC(C)(C)C)c(C)c1. The van der Waals surface area contributed by atoms with Crippen molar-refractivity contribution in [3.8, 4) is 0 Å². The first-order chi connectivity index (χ1) is 8.57. The zero-order chi connectivity index (χ0) is 14.8. The van der Waals surface area contributed by atoms with Gasteiger partial charge in [0.15, 0.2) is 0 Å². The number of benzene rings is 1. The van der Waals surface area contributed by atoms with Crippen LogP contribution in [0, 0.1) is 19.3 Å². The Kier molecular flexibility index (Phi) is 4.63. The lowest BCUT2D eigenvalue weighted by Gasteiger charge is -2.20. The topological polar surface area (TPSA) is 58.2 Å². The Morgan fingerprint density at radius 2 is 1.58 bits per heavy atom. The molecule has 0 aliphatic carbocycles. The van der Waals surface area contributed by atoms with E-state index < -0.39 is 10.0 Å². The smallest absolute Gasteiger partial charge is 0.241 e. The minimum absolute atomic E-state index is 0.0835. The van der Waals surface area contributed by atoms with Gasteiger partial charge in [-0.25, -0.2) is 13.1 Å². The molecule has 0 aromatic heterocycles. The van der Waals surface area contributed by atoms with Crippen LogP contribution >= 0.6 is 0 Å². The van der Waals surface area contributed by atoms with Crippen molar-refractivity contribution in [3.05, 3.63) is 23.3 Å². The van der Waals surface area contributed by atoms with Crippen molar-refractivity contribution in [2.45, 2.75) is 39.5 Å². The van der Waals surface area contributed by atoms with Crippen LogP contribution in [0.5, 0.6) is 0 Å². The Bertz CT molecular complexity index is 534. The van der Waals surface area contributed by atoms with Gasteiger partial charge < -0.3 is 5.32 Å². The van der Waals surface area contributed by atoms with Crippen LogP contribution in [0.1, 0.15) is 31.9 Å². The normalized spacial score (nSPS) is 12.5. The van der Waals surface area contributed by atoms with Gasteiger partial charge in [-0.2, -0.15) is 0 Å². The molecule has 0 saturated carbocycles. The molecular weight excluding hydrogens is 260 g/mol. The molecule has 5 heteroatoms. The summed E-state index contributed by atoms with van der Waals surface area (Å²) in [4.78, 5) is 0.385. The Hall–Kier alpha value is -1.07. The minimum Gasteiger partial charge on any atom is -0.388 e. The zero-order valence-corrected chi connectivity index (χ0v) is 13.4. The molecule has 108 valence electrons. The fourth-order valence-electron chi connectivity index (χ4n) is 1.90. The third kappa shape index (κ3) is 4.21.